The van der Waals surface area contributed by atoms with E-state index in [1.165, 1.54) is 0 Å². The van der Waals surface area contributed by atoms with Crippen LogP contribution in [-0.2, 0) is 9.59 Å². The van der Waals surface area contributed by atoms with Crippen LogP contribution in [0, 0.1) is 5.92 Å². The van der Waals surface area contributed by atoms with Crippen LogP contribution in [0.25, 0.3) is 0 Å². The van der Waals surface area contributed by atoms with Crippen LogP contribution >= 0.6 is 11.8 Å². The first-order valence-electron chi connectivity index (χ1n) is 7.29. The average Bonchev–Trinajstić information content (AvgIpc) is 2.87. The van der Waals surface area contributed by atoms with E-state index in [0.29, 0.717) is 13.0 Å². The third-order valence-corrected chi connectivity index (χ3v) is 5.39. The molecule has 0 bridgehead atoms. The fourth-order valence-electron chi connectivity index (χ4n) is 2.74. The molecule has 1 N–H and O–H groups in total. The highest BCUT2D eigenvalue weighted by molar-refractivity contribution is 8.00. The topological polar surface area (TPSA) is 57.6 Å². The number of thioether (sulfide) groups is 1. The smallest absolute Gasteiger partial charge is 0.308 e. The van der Waals surface area contributed by atoms with Gasteiger partial charge in [-0.25, -0.2) is 0 Å². The van der Waals surface area contributed by atoms with E-state index in [2.05, 4.69) is 0 Å². The Balaban J connectivity index is 2.05. The molecule has 0 radical (unpaired) electrons. The maximum Gasteiger partial charge on any atom is 0.308 e. The van der Waals surface area contributed by atoms with Gasteiger partial charge >= 0.3 is 5.97 Å². The molecule has 3 unspecified atom stereocenters. The van der Waals surface area contributed by atoms with E-state index < -0.39 is 11.9 Å². The van der Waals surface area contributed by atoms with Crippen molar-refractivity contribution in [2.24, 2.45) is 5.92 Å². The summed E-state index contributed by atoms with van der Waals surface area (Å²) in [6.45, 7) is 4.38. The van der Waals surface area contributed by atoms with Gasteiger partial charge in [-0.15, -0.1) is 11.8 Å². The van der Waals surface area contributed by atoms with Gasteiger partial charge in [-0.1, -0.05) is 25.1 Å². The van der Waals surface area contributed by atoms with E-state index >= 15 is 0 Å². The number of likely N-dealkylation sites (tertiary alicyclic amines) is 1. The second-order valence-corrected chi connectivity index (χ2v) is 6.61. The number of hydrogen-bond acceptors (Lipinski definition) is 3. The first kappa shape index (κ1) is 15.9. The highest BCUT2D eigenvalue weighted by Gasteiger charge is 2.39. The number of carbonyl (C=O) groups excluding carboxylic acids is 1. The highest BCUT2D eigenvalue weighted by Crippen LogP contribution is 2.31. The zero-order chi connectivity index (χ0) is 15.4. The molecule has 0 aromatic heterocycles. The third kappa shape index (κ3) is 3.59. The predicted octanol–water partition coefficient (Wildman–Crippen LogP) is 2.88. The highest BCUT2D eigenvalue weighted by atomic mass is 32.2. The molecular formula is C16H21NO3S. The quantitative estimate of drug-likeness (QED) is 0.850. The summed E-state index contributed by atoms with van der Waals surface area (Å²) in [7, 11) is 0. The number of carboxylic acids is 1. The van der Waals surface area contributed by atoms with Crippen LogP contribution in [0.15, 0.2) is 35.2 Å². The molecule has 0 spiro atoms. The number of hydrogen-bond donors (Lipinski definition) is 1. The fraction of sp³-hybridized carbons (Fsp3) is 0.500. The van der Waals surface area contributed by atoms with E-state index in [-0.39, 0.29) is 17.2 Å². The summed E-state index contributed by atoms with van der Waals surface area (Å²) in [6, 6.07) is 9.63. The number of amides is 1. The summed E-state index contributed by atoms with van der Waals surface area (Å²) in [6.07, 6.45) is 1.29. The van der Waals surface area contributed by atoms with Crippen LogP contribution in [0.4, 0.5) is 0 Å². The Kier molecular flexibility index (Phi) is 5.28. The fourth-order valence-corrected chi connectivity index (χ4v) is 3.78. The molecule has 21 heavy (non-hydrogen) atoms. The summed E-state index contributed by atoms with van der Waals surface area (Å²) in [5.41, 5.74) is 0. The lowest BCUT2D eigenvalue weighted by Crippen LogP contribution is -2.42. The van der Waals surface area contributed by atoms with Crippen molar-refractivity contribution in [1.29, 1.82) is 0 Å². The maximum absolute atomic E-state index is 12.7. The van der Waals surface area contributed by atoms with Crippen LogP contribution in [0.2, 0.25) is 0 Å². The van der Waals surface area contributed by atoms with Crippen LogP contribution in [0.1, 0.15) is 26.7 Å². The number of nitrogens with zero attached hydrogens (tertiary/aromatic N) is 1. The van der Waals surface area contributed by atoms with Gasteiger partial charge in [0.05, 0.1) is 11.2 Å². The van der Waals surface area contributed by atoms with Gasteiger partial charge < -0.3 is 10.0 Å². The molecule has 1 fully saturated rings. The van der Waals surface area contributed by atoms with E-state index in [1.807, 2.05) is 44.2 Å². The molecule has 1 saturated heterocycles. The van der Waals surface area contributed by atoms with Gasteiger partial charge in [0, 0.05) is 17.5 Å². The number of carboxylic acid groups (broad SMARTS) is 1. The Morgan fingerprint density at radius 3 is 2.57 bits per heavy atom. The van der Waals surface area contributed by atoms with Gasteiger partial charge in [0.25, 0.3) is 0 Å². The lowest BCUT2D eigenvalue weighted by atomic mass is 10.0. The molecule has 1 amide bonds. The summed E-state index contributed by atoms with van der Waals surface area (Å²) in [5, 5.41) is 9.02. The zero-order valence-electron chi connectivity index (χ0n) is 12.4. The molecule has 5 heteroatoms. The number of benzene rings is 1. The molecule has 114 valence electrons. The van der Waals surface area contributed by atoms with E-state index in [4.69, 9.17) is 0 Å². The van der Waals surface area contributed by atoms with Crippen molar-refractivity contribution in [3.8, 4) is 0 Å². The molecule has 0 aliphatic carbocycles. The van der Waals surface area contributed by atoms with Gasteiger partial charge in [-0.2, -0.15) is 0 Å². The monoisotopic (exact) mass is 307 g/mol. The lowest BCUT2D eigenvalue weighted by Gasteiger charge is -2.27. The summed E-state index contributed by atoms with van der Waals surface area (Å²) in [4.78, 5) is 26.6. The molecule has 4 nitrogen and oxygen atoms in total. The summed E-state index contributed by atoms with van der Waals surface area (Å²) < 4.78 is 0. The molecule has 1 aliphatic heterocycles. The van der Waals surface area contributed by atoms with E-state index in [1.54, 1.807) is 16.7 Å². The van der Waals surface area contributed by atoms with Crippen LogP contribution in [0.5, 0.6) is 0 Å². The minimum atomic E-state index is -0.804. The minimum Gasteiger partial charge on any atom is -0.481 e. The molecule has 3 atom stereocenters. The van der Waals surface area contributed by atoms with Crippen LogP contribution < -0.4 is 0 Å². The first-order valence-corrected chi connectivity index (χ1v) is 8.17. The van der Waals surface area contributed by atoms with Crippen molar-refractivity contribution in [3.05, 3.63) is 30.3 Å². The Bertz CT molecular complexity index is 506. The van der Waals surface area contributed by atoms with Gasteiger partial charge in [-0.05, 0) is 31.9 Å². The molecular weight excluding hydrogens is 286 g/mol. The normalized spacial score (nSPS) is 23.0. The Hall–Kier alpha value is -1.49. The van der Waals surface area contributed by atoms with Crippen LogP contribution in [-0.4, -0.2) is 39.7 Å². The number of aliphatic carboxylic acids is 1. The van der Waals surface area contributed by atoms with Gasteiger partial charge in [0.2, 0.25) is 5.91 Å². The largest absolute Gasteiger partial charge is 0.481 e. The van der Waals surface area contributed by atoms with Gasteiger partial charge in [0.1, 0.15) is 0 Å². The maximum atomic E-state index is 12.7. The number of rotatable bonds is 5. The van der Waals surface area contributed by atoms with Gasteiger partial charge in [-0.3, -0.25) is 9.59 Å². The van der Waals surface area contributed by atoms with Crippen molar-refractivity contribution >= 4 is 23.6 Å². The zero-order valence-corrected chi connectivity index (χ0v) is 13.2. The van der Waals surface area contributed by atoms with Gasteiger partial charge in [0.15, 0.2) is 0 Å². The van der Waals surface area contributed by atoms with E-state index in [0.717, 1.165) is 11.3 Å². The van der Waals surface area contributed by atoms with Crippen LogP contribution in [0.3, 0.4) is 0 Å². The van der Waals surface area contributed by atoms with Crippen molar-refractivity contribution < 1.29 is 14.7 Å². The predicted molar refractivity (Wildman–Crippen MR) is 83.3 cm³/mol. The minimum absolute atomic E-state index is 0.0580. The second kappa shape index (κ2) is 6.98. The third-order valence-electron chi connectivity index (χ3n) is 4.02. The Labute approximate surface area is 129 Å². The Morgan fingerprint density at radius 2 is 2.05 bits per heavy atom. The first-order chi connectivity index (χ1) is 10.0. The summed E-state index contributed by atoms with van der Waals surface area (Å²) >= 11 is 1.56. The SMILES string of the molecule is CCC(Sc1ccccc1)C(=O)N1CCC(C(=O)O)C1C. The van der Waals surface area contributed by atoms with Crippen molar-refractivity contribution in [2.75, 3.05) is 6.54 Å². The molecule has 1 aliphatic rings. The van der Waals surface area contributed by atoms with Crippen molar-refractivity contribution in [2.45, 2.75) is 42.9 Å². The van der Waals surface area contributed by atoms with Crippen molar-refractivity contribution in [1.82, 2.24) is 4.90 Å². The Morgan fingerprint density at radius 1 is 1.38 bits per heavy atom. The van der Waals surface area contributed by atoms with Crippen molar-refractivity contribution in [3.63, 3.8) is 0 Å². The number of carbonyl (C=O) groups is 2. The molecule has 0 saturated carbocycles. The molecule has 2 rings (SSSR count). The molecule has 1 aromatic rings. The molecule has 1 heterocycles. The lowest BCUT2D eigenvalue weighted by molar-refractivity contribution is -0.143. The van der Waals surface area contributed by atoms with E-state index in [9.17, 15) is 14.7 Å². The standard InChI is InChI=1S/C16H21NO3S/c1-3-14(21-12-7-5-4-6-8-12)15(18)17-10-9-13(11(17)2)16(19)20/h4-8,11,13-14H,3,9-10H2,1-2H3,(H,19,20). The molecule has 1 aromatic carbocycles. The second-order valence-electron chi connectivity index (χ2n) is 5.33. The summed E-state index contributed by atoms with van der Waals surface area (Å²) in [5.74, 6) is -1.18. The average molecular weight is 307 g/mol.